The Hall–Kier alpha value is -1.57. The smallest absolute Gasteiger partial charge is 0.142 e. The van der Waals surface area contributed by atoms with Crippen LogP contribution in [0, 0.1) is 6.92 Å². The molecule has 0 saturated carbocycles. The molecule has 3 heteroatoms. The molecule has 2 aromatic carbocycles. The summed E-state index contributed by atoms with van der Waals surface area (Å²) in [6.07, 6.45) is 3.84. The van der Waals surface area contributed by atoms with Crippen LogP contribution in [0.4, 0.5) is 0 Å². The highest BCUT2D eigenvalue weighted by atomic mass is 35.5. The van der Waals surface area contributed by atoms with Crippen LogP contribution in [-0.2, 0) is 4.79 Å². The van der Waals surface area contributed by atoms with Gasteiger partial charge in [-0.3, -0.25) is 4.79 Å². The summed E-state index contributed by atoms with van der Waals surface area (Å²) in [6, 6.07) is 11.6. The average Bonchev–Trinajstić information content (AvgIpc) is 2.38. The minimum atomic E-state index is 0.529. The zero-order chi connectivity index (χ0) is 13.8. The monoisotopic (exact) mass is 290 g/mol. The van der Waals surface area contributed by atoms with Crippen molar-refractivity contribution >= 4 is 35.6 Å². The molecule has 0 radical (unpaired) electrons. The maximum atomic E-state index is 10.5. The van der Waals surface area contributed by atoms with Gasteiger partial charge in [0.25, 0.3) is 0 Å². The van der Waals surface area contributed by atoms with Crippen molar-refractivity contribution in [3.05, 3.63) is 63.6 Å². The van der Waals surface area contributed by atoms with Crippen LogP contribution in [0.2, 0.25) is 10.0 Å². The lowest BCUT2D eigenvalue weighted by Gasteiger charge is -2.10. The Morgan fingerprint density at radius 3 is 2.37 bits per heavy atom. The minimum absolute atomic E-state index is 0.529. The molecule has 0 amide bonds. The molecule has 0 bridgehead atoms. The van der Waals surface area contributed by atoms with Crippen molar-refractivity contribution in [3.8, 4) is 11.1 Å². The van der Waals surface area contributed by atoms with Crippen molar-refractivity contribution in [2.45, 2.75) is 6.92 Å². The number of halogens is 2. The summed E-state index contributed by atoms with van der Waals surface area (Å²) in [7, 11) is 0. The molecule has 0 fully saturated rings. The fourth-order valence-corrected chi connectivity index (χ4v) is 2.42. The second-order valence-electron chi connectivity index (χ2n) is 4.21. The Morgan fingerprint density at radius 2 is 1.74 bits per heavy atom. The predicted octanol–water partition coefficient (Wildman–Crippen LogP) is 5.18. The Labute approximate surface area is 122 Å². The number of hydrogen-bond acceptors (Lipinski definition) is 1. The molecule has 0 aliphatic heterocycles. The summed E-state index contributed by atoms with van der Waals surface area (Å²) in [5, 5.41) is 1.10. The van der Waals surface area contributed by atoms with E-state index < -0.39 is 0 Å². The summed E-state index contributed by atoms with van der Waals surface area (Å²) >= 11 is 12.3. The second kappa shape index (κ2) is 6.05. The molecule has 0 aliphatic rings. The topological polar surface area (TPSA) is 17.1 Å². The van der Waals surface area contributed by atoms with Crippen LogP contribution < -0.4 is 0 Å². The van der Waals surface area contributed by atoms with E-state index in [1.807, 2.05) is 37.3 Å². The Bertz CT molecular complexity index is 628. The van der Waals surface area contributed by atoms with E-state index in [2.05, 4.69) is 0 Å². The zero-order valence-corrected chi connectivity index (χ0v) is 11.9. The molecule has 0 atom stereocenters. The van der Waals surface area contributed by atoms with Gasteiger partial charge in [-0.15, -0.1) is 0 Å². The number of carbonyl (C=O) groups excluding carboxylic acids is 1. The van der Waals surface area contributed by atoms with E-state index in [0.717, 1.165) is 23.0 Å². The van der Waals surface area contributed by atoms with Crippen molar-refractivity contribution in [1.29, 1.82) is 0 Å². The van der Waals surface area contributed by atoms with E-state index >= 15 is 0 Å². The number of allylic oxidation sites excluding steroid dienone is 1. The number of benzene rings is 2. The van der Waals surface area contributed by atoms with Gasteiger partial charge in [-0.1, -0.05) is 53.0 Å². The molecule has 0 unspecified atom stereocenters. The first-order valence-electron chi connectivity index (χ1n) is 5.80. The van der Waals surface area contributed by atoms with Crippen molar-refractivity contribution < 1.29 is 4.79 Å². The van der Waals surface area contributed by atoms with Gasteiger partial charge >= 0.3 is 0 Å². The van der Waals surface area contributed by atoms with Crippen LogP contribution in [-0.4, -0.2) is 6.29 Å². The predicted molar refractivity (Wildman–Crippen MR) is 81.7 cm³/mol. The molecule has 0 aromatic heterocycles. The molecule has 96 valence electrons. The molecule has 2 aromatic rings. The van der Waals surface area contributed by atoms with E-state index in [1.54, 1.807) is 12.1 Å². The van der Waals surface area contributed by atoms with Gasteiger partial charge in [0.2, 0.25) is 0 Å². The lowest BCUT2D eigenvalue weighted by Crippen LogP contribution is -1.86. The van der Waals surface area contributed by atoms with E-state index in [9.17, 15) is 4.79 Å². The molecule has 0 heterocycles. The van der Waals surface area contributed by atoms with Crippen LogP contribution in [0.5, 0.6) is 0 Å². The van der Waals surface area contributed by atoms with Gasteiger partial charge < -0.3 is 0 Å². The molecular formula is C16H12Cl2O. The standard InChI is InChI=1S/C16H12Cl2O/c1-11-4-6-12(7-5-11)15-9-13(17)10-16(18)14(15)3-2-8-19/h2-10H,1H3/b3-2+. The van der Waals surface area contributed by atoms with Gasteiger partial charge in [-0.05, 0) is 42.3 Å². The number of hydrogen-bond donors (Lipinski definition) is 0. The number of aldehydes is 1. The fourth-order valence-electron chi connectivity index (χ4n) is 1.86. The van der Waals surface area contributed by atoms with Crippen LogP contribution in [0.25, 0.3) is 17.2 Å². The third-order valence-electron chi connectivity index (χ3n) is 2.80. The first kappa shape index (κ1) is 13.9. The molecular weight excluding hydrogens is 279 g/mol. The van der Waals surface area contributed by atoms with E-state index in [0.29, 0.717) is 10.0 Å². The highest BCUT2D eigenvalue weighted by Crippen LogP contribution is 2.33. The SMILES string of the molecule is Cc1ccc(-c2cc(Cl)cc(Cl)c2/C=C/C=O)cc1. The summed E-state index contributed by atoms with van der Waals surface area (Å²) in [5.74, 6) is 0. The van der Waals surface area contributed by atoms with Crippen molar-refractivity contribution in [3.63, 3.8) is 0 Å². The number of rotatable bonds is 3. The molecule has 1 nitrogen and oxygen atoms in total. The molecule has 0 N–H and O–H groups in total. The Morgan fingerprint density at radius 1 is 1.05 bits per heavy atom. The first-order valence-corrected chi connectivity index (χ1v) is 6.55. The molecule has 0 aliphatic carbocycles. The van der Waals surface area contributed by atoms with Crippen molar-refractivity contribution in [1.82, 2.24) is 0 Å². The van der Waals surface area contributed by atoms with Gasteiger partial charge in [0, 0.05) is 15.6 Å². The zero-order valence-electron chi connectivity index (χ0n) is 10.4. The average molecular weight is 291 g/mol. The highest BCUT2D eigenvalue weighted by Gasteiger charge is 2.08. The quantitative estimate of drug-likeness (QED) is 0.562. The maximum Gasteiger partial charge on any atom is 0.142 e. The van der Waals surface area contributed by atoms with Gasteiger partial charge in [-0.25, -0.2) is 0 Å². The molecule has 2 rings (SSSR count). The third kappa shape index (κ3) is 3.25. The normalized spacial score (nSPS) is 10.9. The maximum absolute atomic E-state index is 10.5. The van der Waals surface area contributed by atoms with E-state index in [-0.39, 0.29) is 0 Å². The first-order chi connectivity index (χ1) is 9.11. The lowest BCUT2D eigenvalue weighted by atomic mass is 9.98. The number of aryl methyl sites for hydroxylation is 1. The molecule has 19 heavy (non-hydrogen) atoms. The summed E-state index contributed by atoms with van der Waals surface area (Å²) in [6.45, 7) is 2.03. The second-order valence-corrected chi connectivity index (χ2v) is 5.05. The van der Waals surface area contributed by atoms with Crippen LogP contribution in [0.3, 0.4) is 0 Å². The fraction of sp³-hybridized carbons (Fsp3) is 0.0625. The third-order valence-corrected chi connectivity index (χ3v) is 3.33. The summed E-state index contributed by atoms with van der Waals surface area (Å²) in [4.78, 5) is 10.5. The molecule has 0 spiro atoms. The lowest BCUT2D eigenvalue weighted by molar-refractivity contribution is -0.104. The minimum Gasteiger partial charge on any atom is -0.299 e. The van der Waals surface area contributed by atoms with Gasteiger partial charge in [-0.2, -0.15) is 0 Å². The Kier molecular flexibility index (Phi) is 4.41. The van der Waals surface area contributed by atoms with Gasteiger partial charge in [0.1, 0.15) is 6.29 Å². The van der Waals surface area contributed by atoms with Crippen LogP contribution >= 0.6 is 23.2 Å². The number of carbonyl (C=O) groups is 1. The molecule has 0 saturated heterocycles. The van der Waals surface area contributed by atoms with Gasteiger partial charge in [0.15, 0.2) is 0 Å². The van der Waals surface area contributed by atoms with Crippen molar-refractivity contribution in [2.24, 2.45) is 0 Å². The Balaban J connectivity index is 2.63. The van der Waals surface area contributed by atoms with Crippen molar-refractivity contribution in [2.75, 3.05) is 0 Å². The van der Waals surface area contributed by atoms with E-state index in [4.69, 9.17) is 23.2 Å². The van der Waals surface area contributed by atoms with E-state index in [1.165, 1.54) is 11.6 Å². The highest BCUT2D eigenvalue weighted by molar-refractivity contribution is 6.36. The van der Waals surface area contributed by atoms with Crippen LogP contribution in [0.15, 0.2) is 42.5 Å². The summed E-state index contributed by atoms with van der Waals surface area (Å²) in [5.41, 5.74) is 3.90. The van der Waals surface area contributed by atoms with Crippen LogP contribution in [0.1, 0.15) is 11.1 Å². The van der Waals surface area contributed by atoms with Gasteiger partial charge in [0.05, 0.1) is 0 Å². The summed E-state index contributed by atoms with van der Waals surface area (Å²) < 4.78 is 0. The largest absolute Gasteiger partial charge is 0.299 e.